The van der Waals surface area contributed by atoms with E-state index < -0.39 is 0 Å². The molecule has 0 aliphatic carbocycles. The molecule has 8 heteroatoms. The number of ether oxygens (including phenoxy) is 1. The molecule has 3 rings (SSSR count). The normalized spacial score (nSPS) is 18.9. The first kappa shape index (κ1) is 16.7. The molecular weight excluding hydrogens is 310 g/mol. The van der Waals surface area contributed by atoms with Gasteiger partial charge >= 0.3 is 0 Å². The van der Waals surface area contributed by atoms with E-state index >= 15 is 0 Å². The monoisotopic (exact) mass is 333 g/mol. The first-order chi connectivity index (χ1) is 11.6. The smallest absolute Gasteiger partial charge is 0.240 e. The van der Waals surface area contributed by atoms with Gasteiger partial charge in [0, 0.05) is 31.5 Å². The molecule has 2 aromatic heterocycles. The van der Waals surface area contributed by atoms with Crippen LogP contribution in [0.3, 0.4) is 0 Å². The first-order valence-corrected chi connectivity index (χ1v) is 8.18. The van der Waals surface area contributed by atoms with Gasteiger partial charge in [0.2, 0.25) is 11.8 Å². The van der Waals surface area contributed by atoms with Crippen LogP contribution < -0.4 is 5.32 Å². The number of nitrogens with zero attached hydrogens (tertiary/aromatic N) is 4. The Morgan fingerprint density at radius 2 is 2.38 bits per heavy atom. The van der Waals surface area contributed by atoms with Crippen LogP contribution in [-0.4, -0.2) is 58.1 Å². The van der Waals surface area contributed by atoms with Gasteiger partial charge in [-0.15, -0.1) is 0 Å². The highest BCUT2D eigenvalue weighted by atomic mass is 16.5. The Morgan fingerprint density at radius 1 is 1.50 bits per heavy atom. The predicted octanol–water partition coefficient (Wildman–Crippen LogP) is 1.33. The fourth-order valence-corrected chi connectivity index (χ4v) is 2.65. The zero-order valence-electron chi connectivity index (χ0n) is 14.0. The zero-order valence-corrected chi connectivity index (χ0v) is 14.0. The quantitative estimate of drug-likeness (QED) is 0.858. The molecule has 2 aromatic rings. The van der Waals surface area contributed by atoms with E-state index in [1.807, 2.05) is 30.8 Å². The molecular formula is C16H23N5O3. The molecule has 0 saturated carbocycles. The second-order valence-electron chi connectivity index (χ2n) is 6.27. The highest BCUT2D eigenvalue weighted by Crippen LogP contribution is 2.17. The lowest BCUT2D eigenvalue weighted by atomic mass is 10.1. The summed E-state index contributed by atoms with van der Waals surface area (Å²) in [4.78, 5) is 14.3. The van der Waals surface area contributed by atoms with Crippen molar-refractivity contribution in [2.45, 2.75) is 32.4 Å². The molecule has 1 aliphatic heterocycles. The molecule has 24 heavy (non-hydrogen) atoms. The molecule has 1 fully saturated rings. The van der Waals surface area contributed by atoms with Crippen LogP contribution in [-0.2, 0) is 16.1 Å². The van der Waals surface area contributed by atoms with Crippen LogP contribution >= 0.6 is 0 Å². The van der Waals surface area contributed by atoms with E-state index in [-0.39, 0.29) is 17.9 Å². The van der Waals surface area contributed by atoms with Crippen molar-refractivity contribution in [1.29, 1.82) is 0 Å². The maximum atomic E-state index is 12.2. The van der Waals surface area contributed by atoms with E-state index in [0.717, 1.165) is 12.2 Å². The van der Waals surface area contributed by atoms with Crippen molar-refractivity contribution in [3.63, 3.8) is 0 Å². The fraction of sp³-hybridized carbons (Fsp3) is 0.562. The van der Waals surface area contributed by atoms with Crippen LogP contribution in [0.15, 0.2) is 29.0 Å². The summed E-state index contributed by atoms with van der Waals surface area (Å²) >= 11 is 0. The average molecular weight is 333 g/mol. The van der Waals surface area contributed by atoms with Gasteiger partial charge in [0.25, 0.3) is 0 Å². The molecule has 1 amide bonds. The van der Waals surface area contributed by atoms with Gasteiger partial charge in [0.05, 0.1) is 31.5 Å². The van der Waals surface area contributed by atoms with Crippen molar-refractivity contribution >= 4 is 11.8 Å². The summed E-state index contributed by atoms with van der Waals surface area (Å²) in [6.45, 7) is 7.08. The van der Waals surface area contributed by atoms with Gasteiger partial charge in [0.1, 0.15) is 0 Å². The summed E-state index contributed by atoms with van der Waals surface area (Å²) in [5.74, 6) is 0.549. The van der Waals surface area contributed by atoms with E-state index in [0.29, 0.717) is 32.1 Å². The number of morpholine rings is 1. The summed E-state index contributed by atoms with van der Waals surface area (Å²) in [5, 5.41) is 10.9. The summed E-state index contributed by atoms with van der Waals surface area (Å²) in [6, 6.07) is 3.65. The molecule has 1 N–H and O–H groups in total. The SMILES string of the molecule is CC(C)c1cc(NC(=O)CN2CCO[C@@H](Cn3cccn3)C2)on1. The lowest BCUT2D eigenvalue weighted by Gasteiger charge is -2.32. The van der Waals surface area contributed by atoms with E-state index in [2.05, 4.69) is 20.5 Å². The largest absolute Gasteiger partial charge is 0.374 e. The number of aromatic nitrogens is 3. The third kappa shape index (κ3) is 4.42. The molecule has 1 atom stereocenters. The molecule has 8 nitrogen and oxygen atoms in total. The standard InChI is InChI=1S/C16H23N5O3/c1-12(2)14-8-16(24-19-14)18-15(22)11-20-6-7-23-13(9-20)10-21-5-3-4-17-21/h3-5,8,12-13H,6-7,9-11H2,1-2H3,(H,18,22)/t13-/m1/s1. The Labute approximate surface area is 140 Å². The molecule has 1 aliphatic rings. The van der Waals surface area contributed by atoms with Gasteiger partial charge in [-0.2, -0.15) is 5.10 Å². The lowest BCUT2D eigenvalue weighted by Crippen LogP contribution is -2.47. The topological polar surface area (TPSA) is 85.4 Å². The Balaban J connectivity index is 1.48. The number of rotatable bonds is 6. The van der Waals surface area contributed by atoms with E-state index in [1.54, 1.807) is 12.3 Å². The minimum absolute atomic E-state index is 0.0317. The van der Waals surface area contributed by atoms with Crippen molar-refractivity contribution < 1.29 is 14.1 Å². The third-order valence-electron chi connectivity index (χ3n) is 3.92. The minimum atomic E-state index is -0.110. The van der Waals surface area contributed by atoms with Crippen LogP contribution in [0.1, 0.15) is 25.5 Å². The molecule has 0 aromatic carbocycles. The Kier molecular flexibility index (Phi) is 5.27. The number of hydrogen-bond acceptors (Lipinski definition) is 6. The Bertz CT molecular complexity index is 652. The van der Waals surface area contributed by atoms with Crippen molar-refractivity contribution in [3.05, 3.63) is 30.2 Å². The third-order valence-corrected chi connectivity index (χ3v) is 3.92. The van der Waals surface area contributed by atoms with Crippen LogP contribution in [0.5, 0.6) is 0 Å². The number of nitrogens with one attached hydrogen (secondary N) is 1. The van der Waals surface area contributed by atoms with Crippen molar-refractivity contribution in [3.8, 4) is 0 Å². The van der Waals surface area contributed by atoms with Crippen LogP contribution in [0, 0.1) is 0 Å². The number of amides is 1. The van der Waals surface area contributed by atoms with Crippen molar-refractivity contribution in [2.75, 3.05) is 31.6 Å². The fourth-order valence-electron chi connectivity index (χ4n) is 2.65. The maximum Gasteiger partial charge on any atom is 0.240 e. The molecule has 0 spiro atoms. The number of hydrogen-bond donors (Lipinski definition) is 1. The van der Waals surface area contributed by atoms with Crippen molar-refractivity contribution in [2.24, 2.45) is 0 Å². The first-order valence-electron chi connectivity index (χ1n) is 8.18. The van der Waals surface area contributed by atoms with Gasteiger partial charge < -0.3 is 9.26 Å². The predicted molar refractivity (Wildman–Crippen MR) is 87.6 cm³/mol. The van der Waals surface area contributed by atoms with Crippen LogP contribution in [0.2, 0.25) is 0 Å². The van der Waals surface area contributed by atoms with Gasteiger partial charge in [-0.05, 0) is 12.0 Å². The van der Waals surface area contributed by atoms with E-state index in [9.17, 15) is 4.79 Å². The summed E-state index contributed by atoms with van der Waals surface area (Å²) in [6.07, 6.45) is 3.69. The van der Waals surface area contributed by atoms with Gasteiger partial charge in [-0.1, -0.05) is 19.0 Å². The van der Waals surface area contributed by atoms with Crippen LogP contribution in [0.4, 0.5) is 5.88 Å². The molecule has 0 unspecified atom stereocenters. The maximum absolute atomic E-state index is 12.2. The summed E-state index contributed by atoms with van der Waals surface area (Å²) in [7, 11) is 0. The minimum Gasteiger partial charge on any atom is -0.374 e. The van der Waals surface area contributed by atoms with Crippen LogP contribution in [0.25, 0.3) is 0 Å². The highest BCUT2D eigenvalue weighted by molar-refractivity contribution is 5.90. The molecule has 3 heterocycles. The lowest BCUT2D eigenvalue weighted by molar-refractivity contribution is -0.119. The molecule has 0 bridgehead atoms. The summed E-state index contributed by atoms with van der Waals surface area (Å²) in [5.41, 5.74) is 0.830. The number of carbonyl (C=O) groups is 1. The summed E-state index contributed by atoms with van der Waals surface area (Å²) < 4.78 is 12.7. The molecule has 0 radical (unpaired) electrons. The second-order valence-corrected chi connectivity index (χ2v) is 6.27. The van der Waals surface area contributed by atoms with Gasteiger partial charge in [-0.25, -0.2) is 0 Å². The molecule has 130 valence electrons. The average Bonchev–Trinajstić information content (AvgIpc) is 3.19. The zero-order chi connectivity index (χ0) is 16.9. The Morgan fingerprint density at radius 3 is 3.08 bits per heavy atom. The highest BCUT2D eigenvalue weighted by Gasteiger charge is 2.23. The van der Waals surface area contributed by atoms with E-state index in [1.165, 1.54) is 0 Å². The number of anilines is 1. The Hall–Kier alpha value is -2.19. The van der Waals surface area contributed by atoms with Gasteiger partial charge in [-0.3, -0.25) is 19.7 Å². The van der Waals surface area contributed by atoms with Gasteiger partial charge in [0.15, 0.2) is 0 Å². The van der Waals surface area contributed by atoms with E-state index in [4.69, 9.17) is 9.26 Å². The van der Waals surface area contributed by atoms with Crippen molar-refractivity contribution in [1.82, 2.24) is 19.8 Å². The number of carbonyl (C=O) groups excluding carboxylic acids is 1. The second kappa shape index (κ2) is 7.59. The molecule has 1 saturated heterocycles.